The summed E-state index contributed by atoms with van der Waals surface area (Å²) in [5.41, 5.74) is 1.89. The summed E-state index contributed by atoms with van der Waals surface area (Å²) in [5, 5.41) is 11.8. The summed E-state index contributed by atoms with van der Waals surface area (Å²) < 4.78 is 0. The smallest absolute Gasteiger partial charge is 0.317 e. The summed E-state index contributed by atoms with van der Waals surface area (Å²) in [6, 6.07) is 3.43. The largest absolute Gasteiger partial charge is 0.481 e. The van der Waals surface area contributed by atoms with Gasteiger partial charge in [-0.25, -0.2) is 4.79 Å². The molecule has 1 fully saturated rings. The number of rotatable bonds is 4. The molecule has 6 nitrogen and oxygen atoms in total. The average molecular weight is 291 g/mol. The Morgan fingerprint density at radius 1 is 1.43 bits per heavy atom. The molecule has 2 heterocycles. The number of likely N-dealkylation sites (tertiary alicyclic amines) is 1. The lowest BCUT2D eigenvalue weighted by atomic mass is 9.97. The van der Waals surface area contributed by atoms with Crippen LogP contribution in [0, 0.1) is 18.8 Å². The summed E-state index contributed by atoms with van der Waals surface area (Å²) >= 11 is 0. The van der Waals surface area contributed by atoms with Crippen LogP contribution in [-0.2, 0) is 4.79 Å². The number of carboxylic acids is 1. The first kappa shape index (κ1) is 15.3. The molecule has 1 unspecified atom stereocenters. The van der Waals surface area contributed by atoms with E-state index in [2.05, 4.69) is 10.3 Å². The topological polar surface area (TPSA) is 82.5 Å². The second kappa shape index (κ2) is 6.11. The number of nitrogens with one attached hydrogen (secondary N) is 1. The first-order valence-electron chi connectivity index (χ1n) is 7.10. The number of pyridine rings is 1. The molecule has 0 aromatic carbocycles. The molecule has 1 aliphatic heterocycles. The highest BCUT2D eigenvalue weighted by Crippen LogP contribution is 2.24. The first-order valence-corrected chi connectivity index (χ1v) is 7.10. The van der Waals surface area contributed by atoms with Gasteiger partial charge in [0.15, 0.2) is 0 Å². The van der Waals surface area contributed by atoms with E-state index >= 15 is 0 Å². The van der Waals surface area contributed by atoms with Crippen LogP contribution < -0.4 is 5.32 Å². The molecular formula is C15H21N3O3. The SMILES string of the molecule is Cc1cccnc1C(NC(=O)N1CC(C(=O)O)C1)C(C)C. The van der Waals surface area contributed by atoms with Crippen LogP contribution in [0.25, 0.3) is 0 Å². The molecule has 0 radical (unpaired) electrons. The molecule has 1 aromatic heterocycles. The third kappa shape index (κ3) is 3.32. The van der Waals surface area contributed by atoms with E-state index in [1.54, 1.807) is 6.20 Å². The Balaban J connectivity index is 2.03. The van der Waals surface area contributed by atoms with Crippen molar-refractivity contribution in [3.63, 3.8) is 0 Å². The van der Waals surface area contributed by atoms with Crippen molar-refractivity contribution in [3.05, 3.63) is 29.6 Å². The molecule has 6 heteroatoms. The van der Waals surface area contributed by atoms with Gasteiger partial charge >= 0.3 is 12.0 Å². The minimum atomic E-state index is -0.847. The standard InChI is InChI=1S/C15H21N3O3/c1-9(2)12(13-10(3)5-4-6-16-13)17-15(21)18-7-11(8-18)14(19)20/h4-6,9,11-12H,7-8H2,1-3H3,(H,17,21)(H,19,20). The Morgan fingerprint density at radius 3 is 2.62 bits per heavy atom. The van der Waals surface area contributed by atoms with Crippen molar-refractivity contribution in [2.75, 3.05) is 13.1 Å². The van der Waals surface area contributed by atoms with Gasteiger partial charge in [0.25, 0.3) is 0 Å². The summed E-state index contributed by atoms with van der Waals surface area (Å²) in [6.07, 6.45) is 1.72. The van der Waals surface area contributed by atoms with Crippen LogP contribution in [0.15, 0.2) is 18.3 Å². The Kier molecular flexibility index (Phi) is 4.45. The molecule has 2 rings (SSSR count). The number of carbonyl (C=O) groups is 2. The van der Waals surface area contributed by atoms with Crippen molar-refractivity contribution in [2.45, 2.75) is 26.8 Å². The summed E-state index contributed by atoms with van der Waals surface area (Å²) in [6.45, 7) is 6.55. The van der Waals surface area contributed by atoms with E-state index in [-0.39, 0.29) is 31.1 Å². The highest BCUT2D eigenvalue weighted by molar-refractivity contribution is 5.80. The molecule has 0 bridgehead atoms. The van der Waals surface area contributed by atoms with E-state index in [1.165, 1.54) is 4.90 Å². The van der Waals surface area contributed by atoms with E-state index < -0.39 is 11.9 Å². The summed E-state index contributed by atoms with van der Waals surface area (Å²) in [4.78, 5) is 28.9. The molecule has 21 heavy (non-hydrogen) atoms. The van der Waals surface area contributed by atoms with Crippen LogP contribution in [-0.4, -0.2) is 40.1 Å². The number of hydrogen-bond acceptors (Lipinski definition) is 3. The summed E-state index contributed by atoms with van der Waals surface area (Å²) in [7, 11) is 0. The molecule has 114 valence electrons. The second-order valence-corrected chi connectivity index (χ2v) is 5.82. The minimum Gasteiger partial charge on any atom is -0.481 e. The maximum Gasteiger partial charge on any atom is 0.317 e. The summed E-state index contributed by atoms with van der Waals surface area (Å²) in [5.74, 6) is -1.09. The lowest BCUT2D eigenvalue weighted by molar-refractivity contribution is -0.146. The van der Waals surface area contributed by atoms with E-state index in [1.807, 2.05) is 32.9 Å². The van der Waals surface area contributed by atoms with Crippen LogP contribution in [0.2, 0.25) is 0 Å². The second-order valence-electron chi connectivity index (χ2n) is 5.82. The molecule has 2 amide bonds. The van der Waals surface area contributed by atoms with Crippen LogP contribution in [0.1, 0.15) is 31.1 Å². The molecule has 0 saturated carbocycles. The van der Waals surface area contributed by atoms with Gasteiger partial charge in [-0.2, -0.15) is 0 Å². The van der Waals surface area contributed by atoms with E-state index in [4.69, 9.17) is 5.11 Å². The van der Waals surface area contributed by atoms with Crippen molar-refractivity contribution in [1.29, 1.82) is 0 Å². The third-order valence-corrected chi connectivity index (χ3v) is 3.81. The Labute approximate surface area is 124 Å². The monoisotopic (exact) mass is 291 g/mol. The minimum absolute atomic E-state index is 0.178. The molecule has 0 spiro atoms. The number of aryl methyl sites for hydroxylation is 1. The van der Waals surface area contributed by atoms with Crippen molar-refractivity contribution in [2.24, 2.45) is 11.8 Å². The zero-order chi connectivity index (χ0) is 15.6. The number of nitrogens with zero attached hydrogens (tertiary/aromatic N) is 2. The van der Waals surface area contributed by atoms with Gasteiger partial charge in [-0.1, -0.05) is 19.9 Å². The van der Waals surface area contributed by atoms with Crippen molar-refractivity contribution < 1.29 is 14.7 Å². The van der Waals surface area contributed by atoms with Crippen LogP contribution in [0.3, 0.4) is 0 Å². The van der Waals surface area contributed by atoms with E-state index in [0.29, 0.717) is 0 Å². The molecule has 1 atom stereocenters. The number of urea groups is 1. The van der Waals surface area contributed by atoms with Gasteiger partial charge in [0.1, 0.15) is 0 Å². The predicted molar refractivity (Wildman–Crippen MR) is 77.8 cm³/mol. The fourth-order valence-corrected chi connectivity index (χ4v) is 2.40. The normalized spacial score (nSPS) is 16.5. The Bertz CT molecular complexity index is 539. The number of hydrogen-bond donors (Lipinski definition) is 2. The highest BCUT2D eigenvalue weighted by atomic mass is 16.4. The third-order valence-electron chi connectivity index (χ3n) is 3.81. The van der Waals surface area contributed by atoms with Gasteiger partial charge in [0.05, 0.1) is 17.7 Å². The average Bonchev–Trinajstić information content (AvgIpc) is 2.34. The molecular weight excluding hydrogens is 270 g/mol. The molecule has 0 aliphatic carbocycles. The Morgan fingerprint density at radius 2 is 2.10 bits per heavy atom. The van der Waals surface area contributed by atoms with Crippen LogP contribution in [0.5, 0.6) is 0 Å². The molecule has 2 N–H and O–H groups in total. The van der Waals surface area contributed by atoms with Gasteiger partial charge in [-0.15, -0.1) is 0 Å². The van der Waals surface area contributed by atoms with Crippen LogP contribution >= 0.6 is 0 Å². The maximum atomic E-state index is 12.2. The number of carbonyl (C=O) groups excluding carboxylic acids is 1. The number of aromatic nitrogens is 1. The van der Waals surface area contributed by atoms with Crippen LogP contribution in [0.4, 0.5) is 4.79 Å². The lowest BCUT2D eigenvalue weighted by Crippen LogP contribution is -2.56. The first-order chi connectivity index (χ1) is 9.90. The van der Waals surface area contributed by atoms with Crippen molar-refractivity contribution >= 4 is 12.0 Å². The van der Waals surface area contributed by atoms with Gasteiger partial charge in [-0.05, 0) is 24.5 Å². The lowest BCUT2D eigenvalue weighted by Gasteiger charge is -2.38. The quantitative estimate of drug-likeness (QED) is 0.886. The predicted octanol–water partition coefficient (Wildman–Crippen LogP) is 1.81. The van der Waals surface area contributed by atoms with Gasteiger partial charge in [0, 0.05) is 19.3 Å². The number of amides is 2. The molecule has 1 saturated heterocycles. The van der Waals surface area contributed by atoms with E-state index in [9.17, 15) is 9.59 Å². The fraction of sp³-hybridized carbons (Fsp3) is 0.533. The van der Waals surface area contributed by atoms with Gasteiger partial charge in [-0.3, -0.25) is 9.78 Å². The number of aliphatic carboxylic acids is 1. The van der Waals surface area contributed by atoms with E-state index in [0.717, 1.165) is 11.3 Å². The molecule has 1 aliphatic rings. The zero-order valence-electron chi connectivity index (χ0n) is 12.5. The Hall–Kier alpha value is -2.11. The fourth-order valence-electron chi connectivity index (χ4n) is 2.40. The number of carboxylic acid groups (broad SMARTS) is 1. The zero-order valence-corrected chi connectivity index (χ0v) is 12.5. The van der Waals surface area contributed by atoms with Crippen molar-refractivity contribution in [3.8, 4) is 0 Å². The highest BCUT2D eigenvalue weighted by Gasteiger charge is 2.36. The van der Waals surface area contributed by atoms with Gasteiger partial charge < -0.3 is 15.3 Å². The molecule has 1 aromatic rings. The van der Waals surface area contributed by atoms with Gasteiger partial charge in [0.2, 0.25) is 0 Å². The van der Waals surface area contributed by atoms with Crippen molar-refractivity contribution in [1.82, 2.24) is 15.2 Å². The maximum absolute atomic E-state index is 12.2.